The number of rotatable bonds is 4. The summed E-state index contributed by atoms with van der Waals surface area (Å²) >= 11 is 3.54. The van der Waals surface area contributed by atoms with Gasteiger partial charge in [-0.1, -0.05) is 47.5 Å². The van der Waals surface area contributed by atoms with Crippen molar-refractivity contribution in [3.63, 3.8) is 0 Å². The minimum Gasteiger partial charge on any atom is -0.207 e. The average molecular weight is 245 g/mol. The van der Waals surface area contributed by atoms with Gasteiger partial charge >= 0.3 is 0 Å². The predicted octanol–water partition coefficient (Wildman–Crippen LogP) is 3.93. The lowest BCUT2D eigenvalue weighted by Gasteiger charge is -2.08. The zero-order chi connectivity index (χ0) is 9.68. The Morgan fingerprint density at radius 2 is 2.08 bits per heavy atom. The molecule has 0 nitrogen and oxygen atoms in total. The van der Waals surface area contributed by atoms with E-state index in [1.54, 1.807) is 6.07 Å². The molecule has 0 aliphatic carbocycles. The molecule has 0 aromatic heterocycles. The summed E-state index contributed by atoms with van der Waals surface area (Å²) in [6.07, 6.45) is 3.00. The number of hydrogen-bond donors (Lipinski definition) is 0. The molecule has 0 saturated carbocycles. The van der Waals surface area contributed by atoms with Crippen molar-refractivity contribution in [1.82, 2.24) is 0 Å². The van der Waals surface area contributed by atoms with Crippen molar-refractivity contribution in [1.29, 1.82) is 0 Å². The van der Waals surface area contributed by atoms with E-state index >= 15 is 0 Å². The quantitative estimate of drug-likeness (QED) is 0.705. The van der Waals surface area contributed by atoms with Gasteiger partial charge in [-0.05, 0) is 24.5 Å². The lowest BCUT2D eigenvalue weighted by Crippen LogP contribution is -2.03. The third-order valence-electron chi connectivity index (χ3n) is 2.00. The van der Waals surface area contributed by atoms with Crippen LogP contribution < -0.4 is 0 Å². The summed E-state index contributed by atoms with van der Waals surface area (Å²) < 4.78 is 13.2. The molecule has 0 aliphatic heterocycles. The SMILES string of the molecule is CCCC(Br)Cc1ccccc1F. The molecule has 1 aromatic rings. The van der Waals surface area contributed by atoms with E-state index in [-0.39, 0.29) is 5.82 Å². The van der Waals surface area contributed by atoms with Gasteiger partial charge in [0.05, 0.1) is 0 Å². The van der Waals surface area contributed by atoms with Crippen LogP contribution >= 0.6 is 15.9 Å². The highest BCUT2D eigenvalue weighted by Crippen LogP contribution is 2.16. The van der Waals surface area contributed by atoms with Crippen molar-refractivity contribution < 1.29 is 4.39 Å². The molecule has 0 aliphatic rings. The fourth-order valence-corrected chi connectivity index (χ4v) is 2.12. The molecule has 0 fully saturated rings. The Labute approximate surface area is 87.3 Å². The smallest absolute Gasteiger partial charge is 0.126 e. The lowest BCUT2D eigenvalue weighted by atomic mass is 10.1. The molecule has 1 unspecified atom stereocenters. The highest BCUT2D eigenvalue weighted by Gasteiger charge is 2.07. The van der Waals surface area contributed by atoms with Crippen LogP contribution in [0.1, 0.15) is 25.3 Å². The van der Waals surface area contributed by atoms with Gasteiger partial charge in [0.25, 0.3) is 0 Å². The van der Waals surface area contributed by atoms with Crippen molar-refractivity contribution >= 4 is 15.9 Å². The molecule has 0 radical (unpaired) electrons. The first kappa shape index (κ1) is 10.7. The molecule has 2 heteroatoms. The van der Waals surface area contributed by atoms with Gasteiger partial charge in [-0.3, -0.25) is 0 Å². The van der Waals surface area contributed by atoms with Crippen LogP contribution in [0.15, 0.2) is 24.3 Å². The summed E-state index contributed by atoms with van der Waals surface area (Å²) in [5.74, 6) is -0.0944. The van der Waals surface area contributed by atoms with Crippen molar-refractivity contribution in [3.05, 3.63) is 35.6 Å². The minimum absolute atomic E-state index is 0.0944. The Balaban J connectivity index is 2.58. The van der Waals surface area contributed by atoms with Crippen LogP contribution in [-0.4, -0.2) is 4.83 Å². The largest absolute Gasteiger partial charge is 0.207 e. The topological polar surface area (TPSA) is 0 Å². The highest BCUT2D eigenvalue weighted by atomic mass is 79.9. The van der Waals surface area contributed by atoms with Crippen LogP contribution in [0.2, 0.25) is 0 Å². The summed E-state index contributed by atoms with van der Waals surface area (Å²) in [6, 6.07) is 6.96. The molecule has 1 aromatic carbocycles. The zero-order valence-electron chi connectivity index (χ0n) is 7.76. The normalized spacial score (nSPS) is 12.8. The zero-order valence-corrected chi connectivity index (χ0v) is 9.35. The third-order valence-corrected chi connectivity index (χ3v) is 2.78. The van der Waals surface area contributed by atoms with Gasteiger partial charge in [-0.15, -0.1) is 0 Å². The van der Waals surface area contributed by atoms with Crippen molar-refractivity contribution in [3.8, 4) is 0 Å². The number of benzene rings is 1. The maximum Gasteiger partial charge on any atom is 0.126 e. The summed E-state index contributed by atoms with van der Waals surface area (Å²) in [5, 5.41) is 0. The van der Waals surface area contributed by atoms with Crippen LogP contribution in [0, 0.1) is 5.82 Å². The Bertz CT molecular complexity index is 260. The summed E-state index contributed by atoms with van der Waals surface area (Å²) in [5.41, 5.74) is 0.804. The summed E-state index contributed by atoms with van der Waals surface area (Å²) in [4.78, 5) is 0.398. The molecule has 13 heavy (non-hydrogen) atoms. The van der Waals surface area contributed by atoms with Gasteiger partial charge in [0.2, 0.25) is 0 Å². The second-order valence-electron chi connectivity index (χ2n) is 3.18. The van der Waals surface area contributed by atoms with Crippen LogP contribution in [0.5, 0.6) is 0 Å². The molecule has 1 rings (SSSR count). The van der Waals surface area contributed by atoms with Gasteiger partial charge in [0.15, 0.2) is 0 Å². The first-order valence-electron chi connectivity index (χ1n) is 4.61. The Kier molecular flexibility index (Phi) is 4.43. The van der Waals surface area contributed by atoms with Gasteiger partial charge < -0.3 is 0 Å². The summed E-state index contributed by atoms with van der Waals surface area (Å²) in [7, 11) is 0. The molecule has 0 spiro atoms. The van der Waals surface area contributed by atoms with E-state index < -0.39 is 0 Å². The fraction of sp³-hybridized carbons (Fsp3) is 0.455. The van der Waals surface area contributed by atoms with E-state index in [1.807, 2.05) is 12.1 Å². The molecular weight excluding hydrogens is 231 g/mol. The summed E-state index contributed by atoms with van der Waals surface area (Å²) in [6.45, 7) is 2.13. The Morgan fingerprint density at radius 3 is 2.69 bits per heavy atom. The third kappa shape index (κ3) is 3.47. The van der Waals surface area contributed by atoms with Gasteiger partial charge in [-0.2, -0.15) is 0 Å². The Morgan fingerprint density at radius 1 is 1.38 bits per heavy atom. The molecule has 0 N–H and O–H groups in total. The molecule has 1 atom stereocenters. The molecular formula is C11H14BrF. The molecule has 72 valence electrons. The van der Waals surface area contributed by atoms with E-state index in [9.17, 15) is 4.39 Å². The average Bonchev–Trinajstić information content (AvgIpc) is 2.09. The van der Waals surface area contributed by atoms with Crippen LogP contribution in [-0.2, 0) is 6.42 Å². The van der Waals surface area contributed by atoms with E-state index in [2.05, 4.69) is 22.9 Å². The number of halogens is 2. The first-order chi connectivity index (χ1) is 6.24. The maximum atomic E-state index is 13.2. The lowest BCUT2D eigenvalue weighted by molar-refractivity contribution is 0.602. The van der Waals surface area contributed by atoms with Gasteiger partial charge in [0.1, 0.15) is 5.82 Å². The number of hydrogen-bond acceptors (Lipinski definition) is 0. The predicted molar refractivity (Wildman–Crippen MR) is 57.7 cm³/mol. The second-order valence-corrected chi connectivity index (χ2v) is 4.48. The van der Waals surface area contributed by atoms with Gasteiger partial charge in [-0.25, -0.2) is 4.39 Å². The fourth-order valence-electron chi connectivity index (χ4n) is 1.32. The molecule has 0 heterocycles. The molecule has 0 amide bonds. The van der Waals surface area contributed by atoms with Crippen molar-refractivity contribution in [2.75, 3.05) is 0 Å². The molecule has 0 saturated heterocycles. The van der Waals surface area contributed by atoms with E-state index in [4.69, 9.17) is 0 Å². The van der Waals surface area contributed by atoms with Crippen LogP contribution in [0.3, 0.4) is 0 Å². The maximum absolute atomic E-state index is 13.2. The van der Waals surface area contributed by atoms with Crippen LogP contribution in [0.4, 0.5) is 4.39 Å². The Hall–Kier alpha value is -0.370. The first-order valence-corrected chi connectivity index (χ1v) is 5.53. The van der Waals surface area contributed by atoms with E-state index in [0.717, 1.165) is 24.8 Å². The monoisotopic (exact) mass is 244 g/mol. The number of alkyl halides is 1. The van der Waals surface area contributed by atoms with Gasteiger partial charge in [0, 0.05) is 4.83 Å². The van der Waals surface area contributed by atoms with Crippen LogP contribution in [0.25, 0.3) is 0 Å². The van der Waals surface area contributed by atoms with E-state index in [1.165, 1.54) is 6.07 Å². The minimum atomic E-state index is -0.0944. The van der Waals surface area contributed by atoms with E-state index in [0.29, 0.717) is 4.83 Å². The van der Waals surface area contributed by atoms with Crippen molar-refractivity contribution in [2.45, 2.75) is 31.0 Å². The highest BCUT2D eigenvalue weighted by molar-refractivity contribution is 9.09. The molecule has 0 bridgehead atoms. The second kappa shape index (κ2) is 5.38. The standard InChI is InChI=1S/C11H14BrF/c1-2-5-10(12)8-9-6-3-4-7-11(9)13/h3-4,6-7,10H,2,5,8H2,1H3. The van der Waals surface area contributed by atoms with Crippen molar-refractivity contribution in [2.24, 2.45) is 0 Å².